The molecule has 8 N–H and O–H groups in total. The molecule has 0 fully saturated rings. The van der Waals surface area contributed by atoms with Crippen LogP contribution in [0, 0.1) is 0 Å². The summed E-state index contributed by atoms with van der Waals surface area (Å²) in [6.07, 6.45) is 1.97. The lowest BCUT2D eigenvalue weighted by Crippen LogP contribution is -2.57. The van der Waals surface area contributed by atoms with Gasteiger partial charge in [0, 0.05) is 18.3 Å². The summed E-state index contributed by atoms with van der Waals surface area (Å²) in [6, 6.07) is -4.95. The summed E-state index contributed by atoms with van der Waals surface area (Å²) in [5.41, 5.74) is 5.99. The molecule has 0 aromatic carbocycles. The molecule has 1 rings (SSSR count). The highest BCUT2D eigenvalue weighted by atomic mass is 16.4. The molecule has 29 heavy (non-hydrogen) atoms. The number of aliphatic carboxylic acids is 2. The van der Waals surface area contributed by atoms with Gasteiger partial charge in [-0.25, -0.2) is 4.98 Å². The van der Waals surface area contributed by atoms with Crippen molar-refractivity contribution in [1.29, 1.82) is 0 Å². The van der Waals surface area contributed by atoms with Crippen LogP contribution in [0.5, 0.6) is 0 Å². The molecule has 0 bridgehead atoms. The molecule has 4 unspecified atom stereocenters. The van der Waals surface area contributed by atoms with Gasteiger partial charge in [-0.05, 0) is 13.8 Å². The second-order valence-electron chi connectivity index (χ2n) is 6.36. The third kappa shape index (κ3) is 7.96. The number of carbonyl (C=O) groups excluding carboxylic acids is 3. The van der Waals surface area contributed by atoms with Crippen LogP contribution in [0.15, 0.2) is 12.5 Å². The first-order chi connectivity index (χ1) is 13.5. The first-order valence-corrected chi connectivity index (χ1v) is 8.59. The lowest BCUT2D eigenvalue weighted by molar-refractivity contribution is -0.143. The highest BCUT2D eigenvalue weighted by Crippen LogP contribution is 2.02. The fourth-order valence-corrected chi connectivity index (χ4v) is 2.16. The standard InChI is InChI=1S/C16H24N6O7/c1-7(17)13(25)21-10(3-9-5-18-6-19-9)15(27)22-11(4-12(23)24)14(26)20-8(2)16(28)29/h5-8,10-11H,3-4,17H2,1-2H3,(H,18,19)(H,20,26)(H,21,25)(H,22,27)(H,23,24)(H,28,29). The van der Waals surface area contributed by atoms with E-state index in [-0.39, 0.29) is 6.42 Å². The number of nitrogens with zero attached hydrogens (tertiary/aromatic N) is 1. The molecule has 0 aliphatic carbocycles. The fraction of sp³-hybridized carbons (Fsp3) is 0.500. The predicted molar refractivity (Wildman–Crippen MR) is 97.3 cm³/mol. The van der Waals surface area contributed by atoms with Crippen molar-refractivity contribution in [2.45, 2.75) is 50.9 Å². The Labute approximate surface area is 165 Å². The summed E-state index contributed by atoms with van der Waals surface area (Å²) in [4.78, 5) is 65.3. The molecule has 1 aromatic rings. The number of rotatable bonds is 11. The summed E-state index contributed by atoms with van der Waals surface area (Å²) >= 11 is 0. The summed E-state index contributed by atoms with van der Waals surface area (Å²) in [7, 11) is 0. The first kappa shape index (κ1) is 23.6. The lowest BCUT2D eigenvalue weighted by atomic mass is 10.1. The highest BCUT2D eigenvalue weighted by Gasteiger charge is 2.30. The zero-order valence-electron chi connectivity index (χ0n) is 15.8. The number of carbonyl (C=O) groups is 5. The molecule has 0 spiro atoms. The molecule has 4 atom stereocenters. The maximum atomic E-state index is 12.7. The Morgan fingerprint density at radius 2 is 1.62 bits per heavy atom. The molecule has 0 radical (unpaired) electrons. The largest absolute Gasteiger partial charge is 0.481 e. The number of carboxylic acid groups (broad SMARTS) is 2. The number of imidazole rings is 1. The van der Waals surface area contributed by atoms with Gasteiger partial charge in [0.1, 0.15) is 18.1 Å². The van der Waals surface area contributed by atoms with E-state index in [4.69, 9.17) is 15.9 Å². The van der Waals surface area contributed by atoms with Crippen molar-refractivity contribution in [3.63, 3.8) is 0 Å². The van der Waals surface area contributed by atoms with Crippen LogP contribution in [-0.4, -0.2) is 74.0 Å². The van der Waals surface area contributed by atoms with E-state index in [0.29, 0.717) is 5.69 Å². The topological polar surface area (TPSA) is 217 Å². The Balaban J connectivity index is 2.96. The number of aromatic amines is 1. The Morgan fingerprint density at radius 3 is 2.10 bits per heavy atom. The van der Waals surface area contributed by atoms with Crippen LogP contribution in [-0.2, 0) is 30.4 Å². The molecule has 3 amide bonds. The van der Waals surface area contributed by atoms with E-state index in [1.807, 2.05) is 0 Å². The van der Waals surface area contributed by atoms with E-state index in [0.717, 1.165) is 0 Å². The first-order valence-electron chi connectivity index (χ1n) is 8.59. The van der Waals surface area contributed by atoms with Crippen LogP contribution in [0.4, 0.5) is 0 Å². The van der Waals surface area contributed by atoms with Gasteiger partial charge in [-0.3, -0.25) is 24.0 Å². The molecule has 0 saturated carbocycles. The molecule has 1 heterocycles. The molecular weight excluding hydrogens is 388 g/mol. The number of aromatic nitrogens is 2. The van der Waals surface area contributed by atoms with Gasteiger partial charge in [0.05, 0.1) is 18.8 Å². The Hall–Kier alpha value is -3.48. The van der Waals surface area contributed by atoms with Crippen molar-refractivity contribution in [3.8, 4) is 0 Å². The number of hydrogen-bond acceptors (Lipinski definition) is 7. The number of carboxylic acids is 2. The minimum atomic E-state index is -1.56. The lowest BCUT2D eigenvalue weighted by Gasteiger charge is -2.23. The zero-order valence-corrected chi connectivity index (χ0v) is 15.8. The Bertz CT molecular complexity index is 749. The van der Waals surface area contributed by atoms with Gasteiger partial charge >= 0.3 is 11.9 Å². The molecule has 13 heteroatoms. The van der Waals surface area contributed by atoms with Gasteiger partial charge in [0.25, 0.3) is 0 Å². The summed E-state index contributed by atoms with van der Waals surface area (Å²) in [5.74, 6) is -5.20. The maximum absolute atomic E-state index is 12.7. The van der Waals surface area contributed by atoms with Crippen LogP contribution < -0.4 is 21.7 Å². The van der Waals surface area contributed by atoms with Crippen LogP contribution >= 0.6 is 0 Å². The van der Waals surface area contributed by atoms with Crippen molar-refractivity contribution < 1.29 is 34.2 Å². The second-order valence-corrected chi connectivity index (χ2v) is 6.36. The van der Waals surface area contributed by atoms with Crippen LogP contribution in [0.3, 0.4) is 0 Å². The summed E-state index contributed by atoms with van der Waals surface area (Å²) in [6.45, 7) is 2.60. The average Bonchev–Trinajstić information content (AvgIpc) is 3.12. The highest BCUT2D eigenvalue weighted by molar-refractivity contribution is 5.95. The van der Waals surface area contributed by atoms with Gasteiger partial charge in [-0.1, -0.05) is 0 Å². The van der Waals surface area contributed by atoms with E-state index < -0.39 is 60.2 Å². The van der Waals surface area contributed by atoms with Crippen molar-refractivity contribution in [2.24, 2.45) is 5.73 Å². The number of amides is 3. The minimum Gasteiger partial charge on any atom is -0.481 e. The molecule has 0 aliphatic heterocycles. The molecule has 1 aromatic heterocycles. The Morgan fingerprint density at radius 1 is 1.03 bits per heavy atom. The predicted octanol–water partition coefficient (Wildman–Crippen LogP) is -2.67. The number of nitrogens with one attached hydrogen (secondary N) is 4. The smallest absolute Gasteiger partial charge is 0.325 e. The SMILES string of the molecule is CC(N)C(=O)NC(Cc1cnc[nH]1)C(=O)NC(CC(=O)O)C(=O)NC(C)C(=O)O. The number of hydrogen-bond donors (Lipinski definition) is 7. The van der Waals surface area contributed by atoms with Gasteiger partial charge in [0.15, 0.2) is 0 Å². The minimum absolute atomic E-state index is 0.0305. The van der Waals surface area contributed by atoms with E-state index in [1.54, 1.807) is 0 Å². The normalized spacial score (nSPS) is 14.7. The quantitative estimate of drug-likeness (QED) is 0.201. The van der Waals surface area contributed by atoms with E-state index in [9.17, 15) is 24.0 Å². The van der Waals surface area contributed by atoms with Crippen molar-refractivity contribution in [1.82, 2.24) is 25.9 Å². The molecule has 0 saturated heterocycles. The van der Waals surface area contributed by atoms with Crippen molar-refractivity contribution in [3.05, 3.63) is 18.2 Å². The van der Waals surface area contributed by atoms with Crippen LogP contribution in [0.25, 0.3) is 0 Å². The van der Waals surface area contributed by atoms with Gasteiger partial charge in [0.2, 0.25) is 17.7 Å². The molecule has 0 aliphatic rings. The number of H-pyrrole nitrogens is 1. The molecule has 13 nitrogen and oxygen atoms in total. The molecular formula is C16H24N6O7. The van der Waals surface area contributed by atoms with E-state index in [2.05, 4.69) is 25.9 Å². The zero-order chi connectivity index (χ0) is 22.1. The molecule has 160 valence electrons. The third-order valence-corrected chi connectivity index (χ3v) is 3.77. The summed E-state index contributed by atoms with van der Waals surface area (Å²) in [5, 5.41) is 24.6. The Kier molecular flexibility index (Phi) is 8.73. The van der Waals surface area contributed by atoms with E-state index in [1.165, 1.54) is 26.4 Å². The fourth-order valence-electron chi connectivity index (χ4n) is 2.16. The van der Waals surface area contributed by atoms with Gasteiger partial charge < -0.3 is 36.9 Å². The monoisotopic (exact) mass is 412 g/mol. The maximum Gasteiger partial charge on any atom is 0.325 e. The number of nitrogens with two attached hydrogens (primary N) is 1. The van der Waals surface area contributed by atoms with Crippen molar-refractivity contribution >= 4 is 29.7 Å². The van der Waals surface area contributed by atoms with Gasteiger partial charge in [-0.2, -0.15) is 0 Å². The van der Waals surface area contributed by atoms with Gasteiger partial charge in [-0.15, -0.1) is 0 Å². The van der Waals surface area contributed by atoms with Crippen LogP contribution in [0.2, 0.25) is 0 Å². The van der Waals surface area contributed by atoms with Crippen molar-refractivity contribution in [2.75, 3.05) is 0 Å². The van der Waals surface area contributed by atoms with Crippen LogP contribution in [0.1, 0.15) is 26.0 Å². The second kappa shape index (κ2) is 10.8. The summed E-state index contributed by atoms with van der Waals surface area (Å²) < 4.78 is 0. The van der Waals surface area contributed by atoms with E-state index >= 15 is 0 Å². The average molecular weight is 412 g/mol. The third-order valence-electron chi connectivity index (χ3n) is 3.77.